The number of urea groups is 1. The second-order valence-electron chi connectivity index (χ2n) is 4.18. The standard InChI is InChI=1S/C12H20N2O4/c1-3-9-7-10(8-16)18-11(9)14(5-4-6-15)12(17)13-2/h4-6,9-11,16H,3,7-8H2,1-2H3,(H,13,17)/b5-4-. The molecule has 0 saturated carbocycles. The minimum Gasteiger partial charge on any atom is -0.394 e. The van der Waals surface area contributed by atoms with Crippen LogP contribution >= 0.6 is 0 Å². The first-order valence-corrected chi connectivity index (χ1v) is 6.06. The van der Waals surface area contributed by atoms with Gasteiger partial charge in [0.1, 0.15) is 12.5 Å². The van der Waals surface area contributed by atoms with E-state index in [0.29, 0.717) is 12.7 Å². The highest BCUT2D eigenvalue weighted by atomic mass is 16.5. The Morgan fingerprint density at radius 1 is 1.61 bits per heavy atom. The van der Waals surface area contributed by atoms with E-state index in [0.717, 1.165) is 6.42 Å². The molecule has 6 heteroatoms. The molecule has 0 radical (unpaired) electrons. The molecule has 3 atom stereocenters. The lowest BCUT2D eigenvalue weighted by Crippen LogP contribution is -2.44. The first kappa shape index (κ1) is 14.7. The lowest BCUT2D eigenvalue weighted by atomic mass is 10.00. The van der Waals surface area contributed by atoms with Crippen LogP contribution in [0.25, 0.3) is 0 Å². The Morgan fingerprint density at radius 2 is 2.33 bits per heavy atom. The maximum Gasteiger partial charge on any atom is 0.323 e. The number of rotatable bonds is 5. The normalized spacial score (nSPS) is 27.4. The number of carbonyl (C=O) groups is 2. The predicted molar refractivity (Wildman–Crippen MR) is 65.6 cm³/mol. The highest BCUT2D eigenvalue weighted by molar-refractivity contribution is 5.76. The van der Waals surface area contributed by atoms with E-state index in [1.54, 1.807) is 0 Å². The van der Waals surface area contributed by atoms with Crippen LogP contribution in [0, 0.1) is 5.92 Å². The number of aliphatic hydroxyl groups excluding tert-OH is 1. The van der Waals surface area contributed by atoms with E-state index in [1.165, 1.54) is 24.2 Å². The van der Waals surface area contributed by atoms with Crippen molar-refractivity contribution in [1.82, 2.24) is 10.2 Å². The topological polar surface area (TPSA) is 78.9 Å². The number of amides is 2. The molecule has 3 unspecified atom stereocenters. The van der Waals surface area contributed by atoms with Gasteiger partial charge in [0.25, 0.3) is 0 Å². The van der Waals surface area contributed by atoms with E-state index in [2.05, 4.69) is 5.32 Å². The third-order valence-electron chi connectivity index (χ3n) is 3.08. The van der Waals surface area contributed by atoms with Crippen LogP contribution < -0.4 is 5.32 Å². The summed E-state index contributed by atoms with van der Waals surface area (Å²) in [6, 6.07) is -0.338. The van der Waals surface area contributed by atoms with Gasteiger partial charge >= 0.3 is 6.03 Å². The van der Waals surface area contributed by atoms with E-state index in [4.69, 9.17) is 9.84 Å². The Balaban J connectivity index is 2.86. The Labute approximate surface area is 107 Å². The molecule has 1 aliphatic rings. The van der Waals surface area contributed by atoms with Crippen molar-refractivity contribution in [3.05, 3.63) is 12.3 Å². The monoisotopic (exact) mass is 256 g/mol. The number of aliphatic hydroxyl groups is 1. The summed E-state index contributed by atoms with van der Waals surface area (Å²) in [6.45, 7) is 1.94. The van der Waals surface area contributed by atoms with E-state index in [-0.39, 0.29) is 24.7 Å². The molecule has 0 aromatic rings. The van der Waals surface area contributed by atoms with Gasteiger partial charge in [-0.15, -0.1) is 0 Å². The molecule has 0 aromatic heterocycles. The molecule has 18 heavy (non-hydrogen) atoms. The van der Waals surface area contributed by atoms with Gasteiger partial charge in [0.05, 0.1) is 12.7 Å². The van der Waals surface area contributed by atoms with Crippen LogP contribution in [0.5, 0.6) is 0 Å². The second-order valence-corrected chi connectivity index (χ2v) is 4.18. The van der Waals surface area contributed by atoms with Crippen molar-refractivity contribution < 1.29 is 19.4 Å². The van der Waals surface area contributed by atoms with Gasteiger partial charge < -0.3 is 15.2 Å². The molecule has 1 rings (SSSR count). The van der Waals surface area contributed by atoms with Gasteiger partial charge in [-0.2, -0.15) is 0 Å². The predicted octanol–water partition coefficient (Wildman–Crippen LogP) is 0.474. The first-order chi connectivity index (χ1) is 8.67. The summed E-state index contributed by atoms with van der Waals surface area (Å²) in [7, 11) is 1.52. The molecule has 1 fully saturated rings. The highest BCUT2D eigenvalue weighted by Gasteiger charge is 2.38. The van der Waals surface area contributed by atoms with Crippen LogP contribution in [0.1, 0.15) is 19.8 Å². The molecule has 0 spiro atoms. The van der Waals surface area contributed by atoms with Crippen LogP contribution in [0.2, 0.25) is 0 Å². The largest absolute Gasteiger partial charge is 0.394 e. The summed E-state index contributed by atoms with van der Waals surface area (Å²) in [5.74, 6) is 0.149. The van der Waals surface area contributed by atoms with Crippen molar-refractivity contribution in [2.24, 2.45) is 5.92 Å². The average molecular weight is 256 g/mol. The Hall–Kier alpha value is -1.40. The van der Waals surface area contributed by atoms with Gasteiger partial charge in [0, 0.05) is 19.2 Å². The van der Waals surface area contributed by atoms with Crippen LogP contribution in [0.4, 0.5) is 4.79 Å². The van der Waals surface area contributed by atoms with Gasteiger partial charge in [-0.25, -0.2) is 4.79 Å². The number of nitrogens with zero attached hydrogens (tertiary/aromatic N) is 1. The van der Waals surface area contributed by atoms with Gasteiger partial charge in [-0.3, -0.25) is 9.69 Å². The molecular formula is C12H20N2O4. The van der Waals surface area contributed by atoms with Gasteiger partial charge in [0.15, 0.2) is 0 Å². The fourth-order valence-electron chi connectivity index (χ4n) is 2.12. The zero-order valence-electron chi connectivity index (χ0n) is 10.7. The number of carbonyl (C=O) groups excluding carboxylic acids is 2. The number of aldehydes is 1. The van der Waals surface area contributed by atoms with Gasteiger partial charge in [-0.1, -0.05) is 6.92 Å². The van der Waals surface area contributed by atoms with Crippen LogP contribution in [0.3, 0.4) is 0 Å². The third-order valence-corrected chi connectivity index (χ3v) is 3.08. The van der Waals surface area contributed by atoms with Crippen molar-refractivity contribution in [3.63, 3.8) is 0 Å². The maximum absolute atomic E-state index is 11.8. The van der Waals surface area contributed by atoms with E-state index >= 15 is 0 Å². The fraction of sp³-hybridized carbons (Fsp3) is 0.667. The number of hydrogen-bond donors (Lipinski definition) is 2. The number of hydrogen-bond acceptors (Lipinski definition) is 4. The summed E-state index contributed by atoms with van der Waals surface area (Å²) >= 11 is 0. The van der Waals surface area contributed by atoms with Gasteiger partial charge in [-0.05, 0) is 18.9 Å². The molecule has 1 heterocycles. The molecular weight excluding hydrogens is 236 g/mol. The smallest absolute Gasteiger partial charge is 0.323 e. The zero-order chi connectivity index (χ0) is 13.5. The van der Waals surface area contributed by atoms with Crippen molar-refractivity contribution in [2.75, 3.05) is 13.7 Å². The number of ether oxygens (including phenoxy) is 1. The Bertz CT molecular complexity index is 319. The lowest BCUT2D eigenvalue weighted by Gasteiger charge is -2.28. The molecule has 1 saturated heterocycles. The third kappa shape index (κ3) is 3.30. The van der Waals surface area contributed by atoms with Crippen LogP contribution in [0.15, 0.2) is 12.3 Å². The van der Waals surface area contributed by atoms with Crippen molar-refractivity contribution in [3.8, 4) is 0 Å². The van der Waals surface area contributed by atoms with E-state index in [9.17, 15) is 9.59 Å². The number of nitrogens with one attached hydrogen (secondary N) is 1. The Kier molecular flexibility index (Phi) is 5.80. The minimum atomic E-state index is -0.441. The van der Waals surface area contributed by atoms with E-state index in [1.807, 2.05) is 6.92 Å². The summed E-state index contributed by atoms with van der Waals surface area (Å²) in [5.41, 5.74) is 0. The summed E-state index contributed by atoms with van der Waals surface area (Å²) < 4.78 is 5.64. The lowest BCUT2D eigenvalue weighted by molar-refractivity contribution is -0.104. The molecule has 2 amide bonds. The molecule has 2 N–H and O–H groups in total. The van der Waals surface area contributed by atoms with Crippen molar-refractivity contribution in [1.29, 1.82) is 0 Å². The molecule has 0 bridgehead atoms. The summed E-state index contributed by atoms with van der Waals surface area (Å²) in [6.07, 6.45) is 4.11. The fourth-order valence-corrected chi connectivity index (χ4v) is 2.12. The van der Waals surface area contributed by atoms with Crippen molar-refractivity contribution in [2.45, 2.75) is 32.1 Å². The summed E-state index contributed by atoms with van der Waals surface area (Å²) in [5, 5.41) is 11.6. The number of allylic oxidation sites excluding steroid dienone is 1. The SMILES string of the molecule is CCC1CC(CO)OC1N(/C=C\C=O)C(=O)NC. The second kappa shape index (κ2) is 7.13. The molecule has 1 aliphatic heterocycles. The quantitative estimate of drug-likeness (QED) is 0.554. The molecule has 102 valence electrons. The van der Waals surface area contributed by atoms with Crippen LogP contribution in [-0.2, 0) is 9.53 Å². The minimum absolute atomic E-state index is 0.0635. The molecule has 0 aliphatic carbocycles. The van der Waals surface area contributed by atoms with E-state index < -0.39 is 6.23 Å². The van der Waals surface area contributed by atoms with Crippen LogP contribution in [-0.4, -0.2) is 48.3 Å². The molecule has 0 aromatic carbocycles. The Morgan fingerprint density at radius 3 is 2.83 bits per heavy atom. The first-order valence-electron chi connectivity index (χ1n) is 6.06. The zero-order valence-corrected chi connectivity index (χ0v) is 10.7. The summed E-state index contributed by atoms with van der Waals surface area (Å²) in [4.78, 5) is 23.5. The average Bonchev–Trinajstić information content (AvgIpc) is 2.82. The van der Waals surface area contributed by atoms with Gasteiger partial charge in [0.2, 0.25) is 0 Å². The maximum atomic E-state index is 11.8. The van der Waals surface area contributed by atoms with Crippen molar-refractivity contribution >= 4 is 12.3 Å². The molecule has 6 nitrogen and oxygen atoms in total. The highest BCUT2D eigenvalue weighted by Crippen LogP contribution is 2.31.